The number of hydrogen-bond donors (Lipinski definition) is 1. The van der Waals surface area contributed by atoms with Crippen LogP contribution in [0.1, 0.15) is 46.5 Å². The largest absolute Gasteiger partial charge is 0.356 e. The van der Waals surface area contributed by atoms with Crippen LogP contribution < -0.4 is 5.32 Å². The Labute approximate surface area is 177 Å². The molecule has 2 unspecified atom stereocenters. The number of hydrogen-bond acceptors (Lipinski definition) is 4. The van der Waals surface area contributed by atoms with E-state index in [1.54, 1.807) is 0 Å². The lowest BCUT2D eigenvalue weighted by Gasteiger charge is -2.40. The first kappa shape index (κ1) is 22.3. The van der Waals surface area contributed by atoms with Crippen molar-refractivity contribution >= 4 is 11.9 Å². The van der Waals surface area contributed by atoms with Gasteiger partial charge in [0.1, 0.15) is 0 Å². The average molecular weight is 407 g/mol. The van der Waals surface area contributed by atoms with Crippen LogP contribution in [-0.4, -0.2) is 110 Å². The van der Waals surface area contributed by atoms with Gasteiger partial charge in [0, 0.05) is 65.4 Å². The van der Waals surface area contributed by atoms with E-state index in [1.807, 2.05) is 11.9 Å². The summed E-state index contributed by atoms with van der Waals surface area (Å²) in [6, 6.07) is 0.630. The Morgan fingerprint density at radius 3 is 2.24 bits per heavy atom. The molecule has 0 bridgehead atoms. The summed E-state index contributed by atoms with van der Waals surface area (Å²) in [5.74, 6) is 2.03. The number of rotatable bonds is 5. The molecule has 3 aliphatic heterocycles. The molecule has 3 aliphatic rings. The summed E-state index contributed by atoms with van der Waals surface area (Å²) in [4.78, 5) is 26.6. The van der Waals surface area contributed by atoms with Crippen LogP contribution in [0.25, 0.3) is 0 Å². The van der Waals surface area contributed by atoms with Crippen LogP contribution in [0.5, 0.6) is 0 Å². The summed E-state index contributed by atoms with van der Waals surface area (Å²) >= 11 is 0. The molecule has 0 saturated carbocycles. The van der Waals surface area contributed by atoms with Gasteiger partial charge in [-0.3, -0.25) is 14.7 Å². The van der Waals surface area contributed by atoms with Crippen molar-refractivity contribution in [1.29, 1.82) is 0 Å². The summed E-state index contributed by atoms with van der Waals surface area (Å²) in [6.07, 6.45) is 4.91. The van der Waals surface area contributed by atoms with E-state index in [0.717, 1.165) is 64.6 Å². The van der Waals surface area contributed by atoms with Gasteiger partial charge in [-0.1, -0.05) is 0 Å². The summed E-state index contributed by atoms with van der Waals surface area (Å²) < 4.78 is 0. The highest BCUT2D eigenvalue weighted by Crippen LogP contribution is 2.18. The van der Waals surface area contributed by atoms with E-state index in [2.05, 4.69) is 45.8 Å². The molecule has 7 nitrogen and oxygen atoms in total. The zero-order chi connectivity index (χ0) is 20.8. The Hall–Kier alpha value is -1.34. The van der Waals surface area contributed by atoms with E-state index in [9.17, 15) is 4.79 Å². The molecule has 1 amide bonds. The van der Waals surface area contributed by atoms with Gasteiger partial charge in [0.05, 0.1) is 6.04 Å². The first-order chi connectivity index (χ1) is 14.0. The lowest BCUT2D eigenvalue weighted by Crippen LogP contribution is -2.57. The van der Waals surface area contributed by atoms with Gasteiger partial charge in [-0.2, -0.15) is 0 Å². The molecule has 0 radical (unpaired) electrons. The lowest BCUT2D eigenvalue weighted by molar-refractivity contribution is -0.135. The Bertz CT molecular complexity index is 552. The molecule has 0 aromatic rings. The van der Waals surface area contributed by atoms with Crippen molar-refractivity contribution in [3.05, 3.63) is 0 Å². The van der Waals surface area contributed by atoms with Gasteiger partial charge in [-0.05, 0) is 58.9 Å². The average Bonchev–Trinajstić information content (AvgIpc) is 3.28. The molecular formula is C22H42N6O. The van der Waals surface area contributed by atoms with Crippen molar-refractivity contribution < 1.29 is 4.79 Å². The third kappa shape index (κ3) is 5.85. The molecule has 7 heteroatoms. The summed E-state index contributed by atoms with van der Waals surface area (Å²) in [7, 11) is 1.88. The van der Waals surface area contributed by atoms with Gasteiger partial charge in [0.15, 0.2) is 5.96 Å². The molecule has 0 spiro atoms. The van der Waals surface area contributed by atoms with Gasteiger partial charge >= 0.3 is 0 Å². The molecule has 3 rings (SSSR count). The van der Waals surface area contributed by atoms with E-state index in [-0.39, 0.29) is 6.04 Å². The topological polar surface area (TPSA) is 54.4 Å². The number of guanidine groups is 1. The Kier molecular flexibility index (Phi) is 8.18. The van der Waals surface area contributed by atoms with Gasteiger partial charge in [0.25, 0.3) is 0 Å². The number of aliphatic imine (C=N–C) groups is 1. The number of carbonyl (C=O) groups excluding carboxylic acids is 1. The van der Waals surface area contributed by atoms with Crippen LogP contribution >= 0.6 is 0 Å². The van der Waals surface area contributed by atoms with Crippen LogP contribution in [0.2, 0.25) is 0 Å². The fourth-order valence-corrected chi connectivity index (χ4v) is 4.98. The number of nitrogens with one attached hydrogen (secondary N) is 1. The number of carbonyl (C=O) groups is 1. The summed E-state index contributed by atoms with van der Waals surface area (Å²) in [5, 5.41) is 3.64. The highest BCUT2D eigenvalue weighted by molar-refractivity contribution is 5.82. The van der Waals surface area contributed by atoms with Crippen molar-refractivity contribution in [3.8, 4) is 0 Å². The monoisotopic (exact) mass is 406 g/mol. The van der Waals surface area contributed by atoms with Crippen molar-refractivity contribution in [2.24, 2.45) is 10.9 Å². The van der Waals surface area contributed by atoms with Gasteiger partial charge < -0.3 is 20.0 Å². The fraction of sp³-hybridized carbons (Fsp3) is 0.909. The Morgan fingerprint density at radius 1 is 0.931 bits per heavy atom. The zero-order valence-corrected chi connectivity index (χ0v) is 19.1. The molecule has 3 fully saturated rings. The normalized spacial score (nSPS) is 26.2. The minimum atomic E-state index is -0.00511. The number of piperidine rings is 1. The second kappa shape index (κ2) is 10.6. The third-order valence-corrected chi connectivity index (χ3v) is 6.98. The van der Waals surface area contributed by atoms with Crippen LogP contribution in [0, 0.1) is 5.92 Å². The highest BCUT2D eigenvalue weighted by Gasteiger charge is 2.30. The Balaban J connectivity index is 1.43. The maximum atomic E-state index is 12.7. The summed E-state index contributed by atoms with van der Waals surface area (Å²) in [6.45, 7) is 15.7. The fourth-order valence-electron chi connectivity index (χ4n) is 4.98. The molecule has 3 saturated heterocycles. The van der Waals surface area contributed by atoms with E-state index in [0.29, 0.717) is 17.9 Å². The number of nitrogens with zero attached hydrogens (tertiary/aromatic N) is 5. The Morgan fingerprint density at radius 2 is 1.62 bits per heavy atom. The second-order valence-electron chi connectivity index (χ2n) is 9.26. The van der Waals surface area contributed by atoms with Crippen LogP contribution in [-0.2, 0) is 4.79 Å². The van der Waals surface area contributed by atoms with Gasteiger partial charge in [0.2, 0.25) is 5.91 Å². The van der Waals surface area contributed by atoms with Gasteiger partial charge in [-0.15, -0.1) is 0 Å². The van der Waals surface area contributed by atoms with E-state index >= 15 is 0 Å². The SMILES string of the molecule is CN=C(NCC1CCCN(C(C)C)C1)N1CCN(C(C)C(=O)N2CCCC2)CC1. The molecule has 1 N–H and O–H groups in total. The quantitative estimate of drug-likeness (QED) is 0.551. The minimum Gasteiger partial charge on any atom is -0.356 e. The predicted octanol–water partition coefficient (Wildman–Crippen LogP) is 1.31. The molecule has 0 aromatic carbocycles. The molecular weight excluding hydrogens is 364 g/mol. The van der Waals surface area contributed by atoms with Crippen molar-refractivity contribution in [3.63, 3.8) is 0 Å². The molecule has 3 heterocycles. The number of piperazine rings is 1. The predicted molar refractivity (Wildman–Crippen MR) is 119 cm³/mol. The lowest BCUT2D eigenvalue weighted by atomic mass is 9.97. The van der Waals surface area contributed by atoms with E-state index in [4.69, 9.17) is 0 Å². The van der Waals surface area contributed by atoms with E-state index < -0.39 is 0 Å². The van der Waals surface area contributed by atoms with Crippen molar-refractivity contribution in [1.82, 2.24) is 24.9 Å². The standard InChI is InChI=1S/C22H42N6O/c1-18(2)28-11-7-8-20(17-28)16-24-22(23-4)27-14-12-25(13-15-27)19(3)21(29)26-9-5-6-10-26/h18-20H,5-17H2,1-4H3,(H,23,24). The minimum absolute atomic E-state index is 0.00511. The van der Waals surface area contributed by atoms with Gasteiger partial charge in [-0.25, -0.2) is 0 Å². The van der Waals surface area contributed by atoms with Crippen LogP contribution in [0.15, 0.2) is 4.99 Å². The van der Waals surface area contributed by atoms with Crippen molar-refractivity contribution in [2.75, 3.05) is 66.0 Å². The highest BCUT2D eigenvalue weighted by atomic mass is 16.2. The maximum absolute atomic E-state index is 12.7. The molecule has 0 aromatic heterocycles. The van der Waals surface area contributed by atoms with Crippen molar-refractivity contribution in [2.45, 2.75) is 58.5 Å². The smallest absolute Gasteiger partial charge is 0.239 e. The number of amides is 1. The third-order valence-electron chi connectivity index (χ3n) is 6.98. The van der Waals surface area contributed by atoms with Crippen LogP contribution in [0.3, 0.4) is 0 Å². The van der Waals surface area contributed by atoms with Crippen LogP contribution in [0.4, 0.5) is 0 Å². The molecule has 166 valence electrons. The molecule has 0 aliphatic carbocycles. The molecule has 29 heavy (non-hydrogen) atoms. The second-order valence-corrected chi connectivity index (χ2v) is 9.26. The van der Waals surface area contributed by atoms with E-state index in [1.165, 1.54) is 25.9 Å². The first-order valence-corrected chi connectivity index (χ1v) is 11.7. The first-order valence-electron chi connectivity index (χ1n) is 11.7. The maximum Gasteiger partial charge on any atom is 0.239 e. The number of likely N-dealkylation sites (tertiary alicyclic amines) is 2. The molecule has 2 atom stereocenters. The summed E-state index contributed by atoms with van der Waals surface area (Å²) in [5.41, 5.74) is 0. The zero-order valence-electron chi connectivity index (χ0n) is 19.1.